The lowest BCUT2D eigenvalue weighted by atomic mass is 10.0. The van der Waals surface area contributed by atoms with Gasteiger partial charge in [0.25, 0.3) is 0 Å². The van der Waals surface area contributed by atoms with E-state index in [1.54, 1.807) is 28.3 Å². The summed E-state index contributed by atoms with van der Waals surface area (Å²) in [6, 6.07) is 0.939. The maximum atomic E-state index is 11.4. The lowest BCUT2D eigenvalue weighted by molar-refractivity contribution is -0.144. The van der Waals surface area contributed by atoms with Crippen LogP contribution >= 0.6 is 0 Å². The molecule has 0 heterocycles. The topological polar surface area (TPSA) is 136 Å². The van der Waals surface area contributed by atoms with Crippen LogP contribution in [0.2, 0.25) is 6.04 Å². The molecule has 0 aliphatic heterocycles. The van der Waals surface area contributed by atoms with Gasteiger partial charge in [-0.05, 0) is 26.2 Å². The van der Waals surface area contributed by atoms with Crippen LogP contribution in [0, 0.1) is 0 Å². The largest absolute Gasteiger partial charge is 0.543 e. The number of carbonyl (C=O) groups excluding carboxylic acids is 2. The van der Waals surface area contributed by atoms with E-state index in [9.17, 15) is 9.59 Å². The lowest BCUT2D eigenvalue weighted by Gasteiger charge is -2.31. The Bertz CT molecular complexity index is 937. The molecule has 2 atom stereocenters. The fraction of sp³-hybridized carbons (Fsp3) is 0.850. The average Bonchev–Trinajstić information content (AvgIpc) is 3.23. The molecular weight excluding hydrogens is 773 g/mol. The second kappa shape index (κ2) is 37.9. The highest BCUT2D eigenvalue weighted by atomic mass is 28.4. The molecule has 56 heavy (non-hydrogen) atoms. The van der Waals surface area contributed by atoms with E-state index in [0.717, 1.165) is 18.5 Å². The van der Waals surface area contributed by atoms with Crippen molar-refractivity contribution in [3.05, 3.63) is 24.8 Å². The van der Waals surface area contributed by atoms with Crippen LogP contribution in [0.25, 0.3) is 0 Å². The smallest absolute Gasteiger partial charge is 0.455 e. The van der Waals surface area contributed by atoms with Gasteiger partial charge in [-0.1, -0.05) is 130 Å². The minimum atomic E-state index is -2.94. The number of ether oxygens (including phenoxy) is 2. The van der Waals surface area contributed by atoms with E-state index in [1.807, 2.05) is 13.8 Å². The van der Waals surface area contributed by atoms with E-state index in [0.29, 0.717) is 18.4 Å². The molecule has 334 valence electrons. The molecular formula is C40H84O13Si3. The monoisotopic (exact) mass is 857 g/mol. The van der Waals surface area contributed by atoms with Gasteiger partial charge in [-0.15, -0.1) is 0 Å². The first-order chi connectivity index (χ1) is 26.8. The van der Waals surface area contributed by atoms with Crippen molar-refractivity contribution in [2.75, 3.05) is 64.0 Å². The summed E-state index contributed by atoms with van der Waals surface area (Å²) >= 11 is 0. The molecule has 16 heteroatoms. The SMILES string of the molecule is C=C(C)C(=O)OC(CC)[Si](OC)(OC)OC.C=CC(=O)OC(CC)[Si](OC)(OC)OC.CCCCCCCCCCCCCCCCCC[Si](OC)(OC)OC. The third-order valence-electron chi connectivity index (χ3n) is 9.53. The van der Waals surface area contributed by atoms with Crippen molar-refractivity contribution in [2.45, 2.75) is 161 Å². The minimum Gasteiger partial charge on any atom is -0.455 e. The number of carbonyl (C=O) groups is 2. The van der Waals surface area contributed by atoms with Crippen LogP contribution in [-0.4, -0.2) is 114 Å². The molecule has 13 nitrogen and oxygen atoms in total. The molecule has 2 unspecified atom stereocenters. The molecule has 0 spiro atoms. The van der Waals surface area contributed by atoms with E-state index in [1.165, 1.54) is 139 Å². The van der Waals surface area contributed by atoms with Gasteiger partial charge >= 0.3 is 38.4 Å². The Labute approximate surface area is 345 Å². The highest BCUT2D eigenvalue weighted by Crippen LogP contribution is 2.21. The summed E-state index contributed by atoms with van der Waals surface area (Å²) in [5.74, 6) is -0.972. The second-order valence-corrected chi connectivity index (χ2v) is 22.6. The van der Waals surface area contributed by atoms with Crippen LogP contribution in [0.3, 0.4) is 0 Å². The second-order valence-electron chi connectivity index (χ2n) is 13.4. The summed E-state index contributed by atoms with van der Waals surface area (Å²) in [5, 5.41) is 0. The van der Waals surface area contributed by atoms with Crippen LogP contribution in [-0.2, 0) is 58.9 Å². The number of hydrogen-bond donors (Lipinski definition) is 0. The molecule has 0 bridgehead atoms. The van der Waals surface area contributed by atoms with Gasteiger partial charge in [0.15, 0.2) is 11.5 Å². The fourth-order valence-corrected chi connectivity index (χ4v) is 11.8. The predicted molar refractivity (Wildman–Crippen MR) is 230 cm³/mol. The van der Waals surface area contributed by atoms with E-state index in [4.69, 9.17) is 49.3 Å². The van der Waals surface area contributed by atoms with Gasteiger partial charge in [0.1, 0.15) is 0 Å². The van der Waals surface area contributed by atoms with Crippen molar-refractivity contribution in [1.82, 2.24) is 0 Å². The van der Waals surface area contributed by atoms with Crippen molar-refractivity contribution in [3.63, 3.8) is 0 Å². The minimum absolute atomic E-state index is 0.338. The Morgan fingerprint density at radius 3 is 1.05 bits per heavy atom. The Balaban J connectivity index is -0.000000790. The fourth-order valence-electron chi connectivity index (χ4n) is 5.96. The summed E-state index contributed by atoms with van der Waals surface area (Å²) in [6.45, 7) is 14.5. The zero-order valence-corrected chi connectivity index (χ0v) is 40.9. The summed E-state index contributed by atoms with van der Waals surface area (Å²) in [4.78, 5) is 22.5. The third-order valence-corrected chi connectivity index (χ3v) is 18.4. The maximum absolute atomic E-state index is 11.4. The van der Waals surface area contributed by atoms with Crippen molar-refractivity contribution < 1.29 is 58.9 Å². The van der Waals surface area contributed by atoms with Crippen LogP contribution in [0.4, 0.5) is 0 Å². The highest BCUT2D eigenvalue weighted by Gasteiger charge is 2.50. The highest BCUT2D eigenvalue weighted by molar-refractivity contribution is 6.62. The Morgan fingerprint density at radius 2 is 0.804 bits per heavy atom. The van der Waals surface area contributed by atoms with Crippen molar-refractivity contribution >= 4 is 38.4 Å². The molecule has 0 N–H and O–H groups in total. The number of rotatable bonds is 34. The van der Waals surface area contributed by atoms with Crippen LogP contribution in [0.1, 0.15) is 143 Å². The van der Waals surface area contributed by atoms with Gasteiger partial charge < -0.3 is 49.3 Å². The number of esters is 2. The number of hydrogen-bond acceptors (Lipinski definition) is 13. The molecule has 0 aromatic rings. The van der Waals surface area contributed by atoms with Gasteiger partial charge in [0.2, 0.25) is 0 Å². The molecule has 0 radical (unpaired) electrons. The van der Waals surface area contributed by atoms with Gasteiger partial charge in [-0.25, -0.2) is 9.59 Å². The van der Waals surface area contributed by atoms with Crippen molar-refractivity contribution in [2.24, 2.45) is 0 Å². The van der Waals surface area contributed by atoms with Gasteiger partial charge in [-0.3, -0.25) is 0 Å². The summed E-state index contributed by atoms with van der Waals surface area (Å²) in [5.41, 5.74) is -0.690. The standard InChI is InChI=1S/C21H46O3Si.C10H20O5Si.C9H18O5Si/c1-5-6-7-8-9-10-11-12-13-14-15-16-17-18-19-20-21-25(22-2,23-3)24-4;1-7-9(15-10(11)8(2)3)16(12-4,13-5)14-6;1-6-8(10)14-9(7-2)15(11-3,12-4)13-5/h5-21H2,1-4H3;9H,2,7H2,1,3-6H3;6,9H,1,7H2,2-5H3. The van der Waals surface area contributed by atoms with E-state index in [2.05, 4.69) is 20.1 Å². The Hall–Kier alpha value is -1.29. The molecule has 0 fully saturated rings. The summed E-state index contributed by atoms with van der Waals surface area (Å²) < 4.78 is 58.2. The summed E-state index contributed by atoms with van der Waals surface area (Å²) in [6.07, 6.45) is 24.5. The predicted octanol–water partition coefficient (Wildman–Crippen LogP) is 9.34. The van der Waals surface area contributed by atoms with Gasteiger partial charge in [0.05, 0.1) is 0 Å². The first kappa shape index (κ1) is 59.0. The van der Waals surface area contributed by atoms with Crippen LogP contribution in [0.5, 0.6) is 0 Å². The molecule has 0 aliphatic carbocycles. The van der Waals surface area contributed by atoms with Crippen molar-refractivity contribution in [1.29, 1.82) is 0 Å². The zero-order chi connectivity index (χ0) is 43.3. The average molecular weight is 857 g/mol. The maximum Gasteiger partial charge on any atom is 0.543 e. The molecule has 0 rings (SSSR count). The van der Waals surface area contributed by atoms with E-state index < -0.39 is 49.8 Å². The zero-order valence-electron chi connectivity index (χ0n) is 37.9. The summed E-state index contributed by atoms with van der Waals surface area (Å²) in [7, 11) is 5.79. The molecule has 0 amide bonds. The molecule has 0 saturated heterocycles. The van der Waals surface area contributed by atoms with Crippen molar-refractivity contribution in [3.8, 4) is 0 Å². The van der Waals surface area contributed by atoms with Crippen LogP contribution < -0.4 is 0 Å². The van der Waals surface area contributed by atoms with Gasteiger partial charge in [0, 0.05) is 81.7 Å². The third kappa shape index (κ3) is 25.3. The Kier molecular flexibility index (Phi) is 40.0. The van der Waals surface area contributed by atoms with Crippen LogP contribution in [0.15, 0.2) is 24.8 Å². The normalized spacial score (nSPS) is 12.7. The number of unbranched alkanes of at least 4 members (excludes halogenated alkanes) is 15. The first-order valence-electron chi connectivity index (χ1n) is 20.5. The molecule has 0 saturated carbocycles. The lowest BCUT2D eigenvalue weighted by Crippen LogP contribution is -2.56. The quantitative estimate of drug-likeness (QED) is 0.0264. The van der Waals surface area contributed by atoms with E-state index in [-0.39, 0.29) is 0 Å². The molecule has 0 aliphatic rings. The molecule has 0 aromatic heterocycles. The van der Waals surface area contributed by atoms with Gasteiger partial charge in [-0.2, -0.15) is 0 Å². The van der Waals surface area contributed by atoms with E-state index >= 15 is 0 Å². The first-order valence-corrected chi connectivity index (χ1v) is 26.0. The Morgan fingerprint density at radius 1 is 0.500 bits per heavy atom. The molecule has 0 aromatic carbocycles.